The molecule has 0 saturated heterocycles. The molecule has 3 rings (SSSR count). The zero-order chi connectivity index (χ0) is 17.9. The third-order valence-electron chi connectivity index (χ3n) is 5.17. The molecule has 0 atom stereocenters. The molecule has 25 heavy (non-hydrogen) atoms. The van der Waals surface area contributed by atoms with Crippen molar-refractivity contribution < 1.29 is 17.9 Å². The van der Waals surface area contributed by atoms with E-state index in [4.69, 9.17) is 4.74 Å². The highest BCUT2D eigenvalue weighted by Gasteiger charge is 2.30. The lowest BCUT2D eigenvalue weighted by atomic mass is 9.77. The molecule has 0 amide bonds. The molecule has 2 aromatic rings. The lowest BCUT2D eigenvalue weighted by Crippen LogP contribution is -2.17. The van der Waals surface area contributed by atoms with E-state index >= 15 is 0 Å². The van der Waals surface area contributed by atoms with E-state index in [2.05, 4.69) is 6.07 Å². The van der Waals surface area contributed by atoms with E-state index in [1.54, 1.807) is 19.2 Å². The summed E-state index contributed by atoms with van der Waals surface area (Å²) < 4.78 is 43.6. The van der Waals surface area contributed by atoms with E-state index in [0.717, 1.165) is 43.4 Å². The number of rotatable bonds is 4. The molecule has 1 aliphatic rings. The second kappa shape index (κ2) is 7.61. The third-order valence-corrected chi connectivity index (χ3v) is 5.17. The molecular weight excluding hydrogens is 325 g/mol. The van der Waals surface area contributed by atoms with Gasteiger partial charge < -0.3 is 4.74 Å². The topological polar surface area (TPSA) is 9.23 Å². The highest BCUT2D eigenvalue weighted by atomic mass is 19.4. The Morgan fingerprint density at radius 3 is 2.16 bits per heavy atom. The number of alkyl halides is 3. The van der Waals surface area contributed by atoms with Crippen LogP contribution in [-0.4, -0.2) is 13.7 Å². The van der Waals surface area contributed by atoms with Gasteiger partial charge in [0.25, 0.3) is 0 Å². The number of halogens is 3. The quantitative estimate of drug-likeness (QED) is 0.631. The van der Waals surface area contributed by atoms with Crippen molar-refractivity contribution in [1.82, 2.24) is 0 Å². The monoisotopic (exact) mass is 348 g/mol. The zero-order valence-electron chi connectivity index (χ0n) is 14.4. The minimum Gasteiger partial charge on any atom is -0.384 e. The predicted octanol–water partition coefficient (Wildman–Crippen LogP) is 6.29. The van der Waals surface area contributed by atoms with Crippen molar-refractivity contribution in [3.63, 3.8) is 0 Å². The van der Waals surface area contributed by atoms with E-state index in [-0.39, 0.29) is 0 Å². The number of hydrogen-bond acceptors (Lipinski definition) is 1. The average Bonchev–Trinajstić information content (AvgIpc) is 2.62. The lowest BCUT2D eigenvalue weighted by molar-refractivity contribution is -0.137. The standard InChI is InChI=1S/C21H23F3O/c1-25-14-15-6-8-16(9-7-15)19-4-2-3-5-20(19)17-10-12-18(13-11-17)21(22,23)24/h2-5,10-13,15-16H,6-9,14H2,1H3. The molecule has 0 bridgehead atoms. The summed E-state index contributed by atoms with van der Waals surface area (Å²) in [6.45, 7) is 0.813. The molecular formula is C21H23F3O. The Morgan fingerprint density at radius 2 is 1.56 bits per heavy atom. The van der Waals surface area contributed by atoms with Gasteiger partial charge in [-0.3, -0.25) is 0 Å². The Morgan fingerprint density at radius 1 is 0.920 bits per heavy atom. The first-order valence-corrected chi connectivity index (χ1v) is 8.74. The molecule has 4 heteroatoms. The Balaban J connectivity index is 1.82. The Hall–Kier alpha value is -1.81. The Bertz CT molecular complexity index is 683. The molecule has 0 N–H and O–H groups in total. The van der Waals surface area contributed by atoms with Crippen LogP contribution in [0.3, 0.4) is 0 Å². The fraction of sp³-hybridized carbons (Fsp3) is 0.429. The van der Waals surface area contributed by atoms with Crippen molar-refractivity contribution in [2.75, 3.05) is 13.7 Å². The van der Waals surface area contributed by atoms with Gasteiger partial charge in [-0.2, -0.15) is 13.2 Å². The second-order valence-electron chi connectivity index (χ2n) is 6.84. The summed E-state index contributed by atoms with van der Waals surface area (Å²) in [5.41, 5.74) is 2.54. The molecule has 1 nitrogen and oxygen atoms in total. The number of ether oxygens (including phenoxy) is 1. The van der Waals surface area contributed by atoms with Gasteiger partial charge in [-0.1, -0.05) is 36.4 Å². The summed E-state index contributed by atoms with van der Waals surface area (Å²) in [5.74, 6) is 1.09. The van der Waals surface area contributed by atoms with Crippen LogP contribution < -0.4 is 0 Å². The molecule has 0 aliphatic heterocycles. The molecule has 1 aliphatic carbocycles. The van der Waals surface area contributed by atoms with Gasteiger partial charge in [0.15, 0.2) is 0 Å². The van der Waals surface area contributed by atoms with Crippen LogP contribution in [0.15, 0.2) is 48.5 Å². The predicted molar refractivity (Wildman–Crippen MR) is 93.5 cm³/mol. The summed E-state index contributed by atoms with van der Waals surface area (Å²) in [6, 6.07) is 13.6. The van der Waals surface area contributed by atoms with Crippen LogP contribution in [0.5, 0.6) is 0 Å². The smallest absolute Gasteiger partial charge is 0.384 e. The van der Waals surface area contributed by atoms with Gasteiger partial charge in [-0.05, 0) is 66.3 Å². The van der Waals surface area contributed by atoms with E-state index < -0.39 is 11.7 Å². The first-order valence-electron chi connectivity index (χ1n) is 8.74. The van der Waals surface area contributed by atoms with Crippen molar-refractivity contribution in [3.05, 3.63) is 59.7 Å². The largest absolute Gasteiger partial charge is 0.416 e. The van der Waals surface area contributed by atoms with Crippen molar-refractivity contribution >= 4 is 0 Å². The summed E-state index contributed by atoms with van der Waals surface area (Å²) in [5, 5.41) is 0. The second-order valence-corrected chi connectivity index (χ2v) is 6.84. The molecule has 0 unspecified atom stereocenters. The van der Waals surface area contributed by atoms with Crippen LogP contribution in [0.25, 0.3) is 11.1 Å². The van der Waals surface area contributed by atoms with Gasteiger partial charge in [0.2, 0.25) is 0 Å². The van der Waals surface area contributed by atoms with Crippen LogP contribution in [0.4, 0.5) is 13.2 Å². The van der Waals surface area contributed by atoms with Crippen LogP contribution in [0.1, 0.15) is 42.7 Å². The van der Waals surface area contributed by atoms with Gasteiger partial charge in [-0.15, -0.1) is 0 Å². The average molecular weight is 348 g/mol. The third kappa shape index (κ3) is 4.24. The minimum atomic E-state index is -4.29. The van der Waals surface area contributed by atoms with Crippen molar-refractivity contribution in [2.24, 2.45) is 5.92 Å². The Kier molecular flexibility index (Phi) is 5.48. The molecule has 0 radical (unpaired) electrons. The van der Waals surface area contributed by atoms with E-state index in [1.807, 2.05) is 18.2 Å². The highest BCUT2D eigenvalue weighted by Crippen LogP contribution is 2.40. The molecule has 0 spiro atoms. The first kappa shape index (κ1) is 18.0. The maximum absolute atomic E-state index is 12.8. The minimum absolute atomic E-state index is 0.464. The highest BCUT2D eigenvalue weighted by molar-refractivity contribution is 5.68. The lowest BCUT2D eigenvalue weighted by Gasteiger charge is -2.29. The van der Waals surface area contributed by atoms with Crippen LogP contribution in [0.2, 0.25) is 0 Å². The van der Waals surface area contributed by atoms with Crippen LogP contribution in [0, 0.1) is 5.92 Å². The van der Waals surface area contributed by atoms with Gasteiger partial charge >= 0.3 is 6.18 Å². The maximum atomic E-state index is 12.8. The molecule has 1 saturated carbocycles. The van der Waals surface area contributed by atoms with Crippen molar-refractivity contribution in [3.8, 4) is 11.1 Å². The van der Waals surface area contributed by atoms with Crippen molar-refractivity contribution in [2.45, 2.75) is 37.8 Å². The van der Waals surface area contributed by atoms with E-state index in [1.165, 1.54) is 17.7 Å². The summed E-state index contributed by atoms with van der Waals surface area (Å²) in [6.07, 6.45) is 0.189. The Labute approximate surface area is 146 Å². The van der Waals surface area contributed by atoms with Crippen LogP contribution >= 0.6 is 0 Å². The first-order chi connectivity index (χ1) is 12.0. The zero-order valence-corrected chi connectivity index (χ0v) is 14.4. The molecule has 2 aromatic carbocycles. The van der Waals surface area contributed by atoms with E-state index in [9.17, 15) is 13.2 Å². The maximum Gasteiger partial charge on any atom is 0.416 e. The fourth-order valence-electron chi connectivity index (χ4n) is 3.83. The van der Waals surface area contributed by atoms with Gasteiger partial charge in [0.05, 0.1) is 5.56 Å². The van der Waals surface area contributed by atoms with Gasteiger partial charge in [0, 0.05) is 13.7 Å². The number of hydrogen-bond donors (Lipinski definition) is 0. The van der Waals surface area contributed by atoms with Gasteiger partial charge in [0.1, 0.15) is 0 Å². The molecule has 0 aromatic heterocycles. The summed E-state index contributed by atoms with van der Waals surface area (Å²) in [7, 11) is 1.74. The van der Waals surface area contributed by atoms with Crippen molar-refractivity contribution in [1.29, 1.82) is 0 Å². The van der Waals surface area contributed by atoms with E-state index in [0.29, 0.717) is 11.8 Å². The number of benzene rings is 2. The molecule has 134 valence electrons. The summed E-state index contributed by atoms with van der Waals surface area (Å²) >= 11 is 0. The van der Waals surface area contributed by atoms with Gasteiger partial charge in [-0.25, -0.2) is 0 Å². The molecule has 0 heterocycles. The number of methoxy groups -OCH3 is 1. The normalized spacial score (nSPS) is 21.3. The van der Waals surface area contributed by atoms with Crippen LogP contribution in [-0.2, 0) is 10.9 Å². The molecule has 1 fully saturated rings. The SMILES string of the molecule is COCC1CCC(c2ccccc2-c2ccc(C(F)(F)F)cc2)CC1. The fourth-order valence-corrected chi connectivity index (χ4v) is 3.83. The summed E-state index contributed by atoms with van der Waals surface area (Å²) in [4.78, 5) is 0.